The third-order valence-electron chi connectivity index (χ3n) is 1.51. The average Bonchev–Trinajstić information content (AvgIpc) is 2.61. The van der Waals surface area contributed by atoms with Crippen molar-refractivity contribution in [2.45, 2.75) is 12.3 Å². The van der Waals surface area contributed by atoms with Crippen LogP contribution in [0, 0.1) is 11.3 Å². The van der Waals surface area contributed by atoms with Crippen LogP contribution < -0.4 is 0 Å². The highest BCUT2D eigenvalue weighted by atomic mass is 79.9. The van der Waals surface area contributed by atoms with E-state index in [1.165, 1.54) is 6.07 Å². The van der Waals surface area contributed by atoms with Crippen molar-refractivity contribution in [2.75, 3.05) is 6.61 Å². The summed E-state index contributed by atoms with van der Waals surface area (Å²) in [5.74, 6) is 0.00232. The molecule has 0 spiro atoms. The van der Waals surface area contributed by atoms with Crippen LogP contribution in [0.1, 0.15) is 28.8 Å². The molecule has 74 valence electrons. The van der Waals surface area contributed by atoms with Gasteiger partial charge in [0.2, 0.25) is 5.76 Å². The number of alkyl halides is 1. The summed E-state index contributed by atoms with van der Waals surface area (Å²) in [6, 6.07) is 3.31. The van der Waals surface area contributed by atoms with Gasteiger partial charge in [0.25, 0.3) is 0 Å². The van der Waals surface area contributed by atoms with Crippen LogP contribution in [-0.2, 0) is 10.1 Å². The van der Waals surface area contributed by atoms with Crippen molar-refractivity contribution in [2.24, 2.45) is 0 Å². The zero-order valence-corrected chi connectivity index (χ0v) is 9.13. The van der Waals surface area contributed by atoms with Crippen molar-refractivity contribution in [3.05, 3.63) is 23.2 Å². The Hall–Kier alpha value is -1.28. The highest BCUT2D eigenvalue weighted by Gasteiger charge is 2.18. The predicted molar refractivity (Wildman–Crippen MR) is 52.0 cm³/mol. The van der Waals surface area contributed by atoms with E-state index in [1.54, 1.807) is 13.0 Å². The number of nitrogens with zero attached hydrogens (tertiary/aromatic N) is 1. The molecule has 0 bridgehead atoms. The third kappa shape index (κ3) is 2.15. The first-order chi connectivity index (χ1) is 6.72. The van der Waals surface area contributed by atoms with E-state index in [9.17, 15) is 4.79 Å². The molecule has 0 atom stereocenters. The molecule has 1 aromatic rings. The number of nitriles is 1. The van der Waals surface area contributed by atoms with Gasteiger partial charge in [0.1, 0.15) is 17.4 Å². The number of hydrogen-bond donors (Lipinski definition) is 0. The maximum atomic E-state index is 11.3. The Kier molecular flexibility index (Phi) is 3.72. The first-order valence-corrected chi connectivity index (χ1v) is 5.11. The second-order valence-corrected chi connectivity index (χ2v) is 2.98. The van der Waals surface area contributed by atoms with Crippen LogP contribution in [0.15, 0.2) is 10.5 Å². The minimum atomic E-state index is -0.528. The highest BCUT2D eigenvalue weighted by molar-refractivity contribution is 9.08. The van der Waals surface area contributed by atoms with Gasteiger partial charge in [-0.3, -0.25) is 0 Å². The lowest BCUT2D eigenvalue weighted by atomic mass is 10.2. The molecule has 0 saturated heterocycles. The molecule has 0 radical (unpaired) electrons. The SMILES string of the molecule is CCOC(=O)c1cc(CBr)oc1C#N. The van der Waals surface area contributed by atoms with E-state index >= 15 is 0 Å². The summed E-state index contributed by atoms with van der Waals surface area (Å²) < 4.78 is 9.83. The number of carbonyl (C=O) groups excluding carboxylic acids is 1. The van der Waals surface area contributed by atoms with Crippen LogP contribution >= 0.6 is 15.9 Å². The lowest BCUT2D eigenvalue weighted by Crippen LogP contribution is -2.04. The molecule has 0 aliphatic heterocycles. The highest BCUT2D eigenvalue weighted by Crippen LogP contribution is 2.17. The van der Waals surface area contributed by atoms with Crippen LogP contribution in [0.25, 0.3) is 0 Å². The number of esters is 1. The fraction of sp³-hybridized carbons (Fsp3) is 0.333. The van der Waals surface area contributed by atoms with Crippen LogP contribution in [0.3, 0.4) is 0 Å². The number of carbonyl (C=O) groups is 1. The maximum absolute atomic E-state index is 11.3. The topological polar surface area (TPSA) is 63.2 Å². The first-order valence-electron chi connectivity index (χ1n) is 3.98. The van der Waals surface area contributed by atoms with Crippen molar-refractivity contribution in [3.8, 4) is 6.07 Å². The van der Waals surface area contributed by atoms with Crippen LogP contribution in [0.5, 0.6) is 0 Å². The Morgan fingerprint density at radius 1 is 1.79 bits per heavy atom. The molecular weight excluding hydrogens is 250 g/mol. The van der Waals surface area contributed by atoms with E-state index in [2.05, 4.69) is 15.9 Å². The minimum Gasteiger partial charge on any atom is -0.462 e. The van der Waals surface area contributed by atoms with Crippen molar-refractivity contribution < 1.29 is 13.9 Å². The van der Waals surface area contributed by atoms with E-state index in [0.717, 1.165) is 0 Å². The maximum Gasteiger partial charge on any atom is 0.342 e. The van der Waals surface area contributed by atoms with Crippen LogP contribution in [-0.4, -0.2) is 12.6 Å². The van der Waals surface area contributed by atoms with Gasteiger partial charge in [-0.1, -0.05) is 15.9 Å². The Morgan fingerprint density at radius 2 is 2.50 bits per heavy atom. The molecule has 0 aliphatic carbocycles. The molecule has 1 heterocycles. The standard InChI is InChI=1S/C9H8BrNO3/c1-2-13-9(12)7-3-6(4-10)14-8(7)5-11/h3H,2,4H2,1H3. The molecule has 4 nitrogen and oxygen atoms in total. The number of ether oxygens (including phenoxy) is 1. The fourth-order valence-corrected chi connectivity index (χ4v) is 1.23. The Morgan fingerprint density at radius 3 is 3.00 bits per heavy atom. The molecule has 1 rings (SSSR count). The van der Waals surface area contributed by atoms with Gasteiger partial charge in [0.15, 0.2) is 0 Å². The molecule has 1 aromatic heterocycles. The number of furan rings is 1. The first kappa shape index (κ1) is 10.8. The Bertz CT molecular complexity index is 378. The summed E-state index contributed by atoms with van der Waals surface area (Å²) >= 11 is 3.17. The van der Waals surface area contributed by atoms with E-state index in [-0.39, 0.29) is 17.9 Å². The minimum absolute atomic E-state index is 0.00194. The van der Waals surface area contributed by atoms with Gasteiger partial charge in [0.05, 0.1) is 11.9 Å². The quantitative estimate of drug-likeness (QED) is 0.616. The van der Waals surface area contributed by atoms with E-state index in [0.29, 0.717) is 11.1 Å². The van der Waals surface area contributed by atoms with Crippen molar-refractivity contribution in [1.29, 1.82) is 5.26 Å². The normalized spacial score (nSPS) is 9.50. The zero-order valence-electron chi connectivity index (χ0n) is 7.54. The number of hydrogen-bond acceptors (Lipinski definition) is 4. The fourth-order valence-electron chi connectivity index (χ4n) is 0.951. The monoisotopic (exact) mass is 257 g/mol. The van der Waals surface area contributed by atoms with Crippen LogP contribution in [0.4, 0.5) is 0 Å². The summed E-state index contributed by atoms with van der Waals surface area (Å²) in [7, 11) is 0. The van der Waals surface area contributed by atoms with Crippen LogP contribution in [0.2, 0.25) is 0 Å². The summed E-state index contributed by atoms with van der Waals surface area (Å²) in [6.45, 7) is 1.98. The van der Waals surface area contributed by atoms with Gasteiger partial charge in [-0.05, 0) is 13.0 Å². The van der Waals surface area contributed by atoms with E-state index in [4.69, 9.17) is 14.4 Å². The van der Waals surface area contributed by atoms with E-state index in [1.807, 2.05) is 0 Å². The summed E-state index contributed by atoms with van der Waals surface area (Å²) in [5.41, 5.74) is 0.184. The van der Waals surface area contributed by atoms with Gasteiger partial charge in [-0.15, -0.1) is 0 Å². The predicted octanol–water partition coefficient (Wildman–Crippen LogP) is 2.22. The molecule has 0 aromatic carbocycles. The molecule has 0 fully saturated rings. The van der Waals surface area contributed by atoms with Gasteiger partial charge in [-0.25, -0.2) is 4.79 Å². The largest absolute Gasteiger partial charge is 0.462 e. The van der Waals surface area contributed by atoms with E-state index < -0.39 is 5.97 Å². The molecule has 0 N–H and O–H groups in total. The molecule has 0 unspecified atom stereocenters. The lowest BCUT2D eigenvalue weighted by Gasteiger charge is -1.96. The summed E-state index contributed by atoms with van der Waals surface area (Å²) in [5, 5.41) is 9.14. The average molecular weight is 258 g/mol. The van der Waals surface area contributed by atoms with Crippen molar-refractivity contribution >= 4 is 21.9 Å². The molecule has 14 heavy (non-hydrogen) atoms. The number of halogens is 1. The second kappa shape index (κ2) is 4.82. The lowest BCUT2D eigenvalue weighted by molar-refractivity contribution is 0.0525. The Labute approximate surface area is 89.6 Å². The molecule has 5 heteroatoms. The van der Waals surface area contributed by atoms with Crippen molar-refractivity contribution in [3.63, 3.8) is 0 Å². The second-order valence-electron chi connectivity index (χ2n) is 2.42. The zero-order chi connectivity index (χ0) is 10.6. The van der Waals surface area contributed by atoms with Crippen molar-refractivity contribution in [1.82, 2.24) is 0 Å². The number of rotatable bonds is 3. The van der Waals surface area contributed by atoms with Gasteiger partial charge in [0, 0.05) is 0 Å². The summed E-state index contributed by atoms with van der Waals surface area (Å²) in [4.78, 5) is 11.3. The molecule has 0 amide bonds. The molecule has 0 aliphatic rings. The summed E-state index contributed by atoms with van der Waals surface area (Å²) in [6.07, 6.45) is 0. The smallest absolute Gasteiger partial charge is 0.342 e. The Balaban J connectivity index is 3.01. The van der Waals surface area contributed by atoms with Gasteiger partial charge in [-0.2, -0.15) is 5.26 Å². The van der Waals surface area contributed by atoms with Gasteiger partial charge < -0.3 is 9.15 Å². The van der Waals surface area contributed by atoms with Gasteiger partial charge >= 0.3 is 5.97 Å². The third-order valence-corrected chi connectivity index (χ3v) is 2.06. The molecule has 0 saturated carbocycles. The molecular formula is C9H8BrNO3.